The molecule has 1 aromatic carbocycles. The van der Waals surface area contributed by atoms with Crippen LogP contribution in [0.4, 0.5) is 4.79 Å². The number of carbonyl (C=O) groups is 3. The van der Waals surface area contributed by atoms with Gasteiger partial charge in [-0.1, -0.05) is 33.6 Å². The van der Waals surface area contributed by atoms with Gasteiger partial charge in [0, 0.05) is 11.0 Å². The smallest absolute Gasteiger partial charge is 0.334 e. The lowest BCUT2D eigenvalue weighted by molar-refractivity contribution is -0.143. The minimum Gasteiger partial charge on any atom is -0.492 e. The number of amides is 4. The zero-order chi connectivity index (χ0) is 18.5. The first-order valence-corrected chi connectivity index (χ1v) is 9.59. The molecule has 26 heavy (non-hydrogen) atoms. The Balaban J connectivity index is 1.53. The van der Waals surface area contributed by atoms with Gasteiger partial charge < -0.3 is 4.74 Å². The van der Waals surface area contributed by atoms with Crippen LogP contribution in [-0.4, -0.2) is 47.3 Å². The molecule has 0 radical (unpaired) electrons. The second-order valence-electron chi connectivity index (χ2n) is 6.36. The highest BCUT2D eigenvalue weighted by molar-refractivity contribution is 9.10. The van der Waals surface area contributed by atoms with Crippen LogP contribution in [0.25, 0.3) is 0 Å². The molecular weight excluding hydrogens is 400 g/mol. The van der Waals surface area contributed by atoms with Crippen LogP contribution in [0.3, 0.4) is 0 Å². The fourth-order valence-corrected chi connectivity index (χ4v) is 3.52. The molecule has 1 aromatic rings. The average Bonchev–Trinajstić information content (AvgIpc) is 2.84. The number of hydrogen-bond donors (Lipinski definition) is 0. The largest absolute Gasteiger partial charge is 0.492 e. The fourth-order valence-electron chi connectivity index (χ4n) is 3.14. The summed E-state index contributed by atoms with van der Waals surface area (Å²) in [6.07, 6.45) is 7.22. The molecule has 2 aliphatic rings. The lowest BCUT2D eigenvalue weighted by Gasteiger charge is -2.18. The monoisotopic (exact) mass is 420 g/mol. The summed E-state index contributed by atoms with van der Waals surface area (Å²) in [6.45, 7) is 0.452. The van der Waals surface area contributed by atoms with Crippen LogP contribution in [0.2, 0.25) is 0 Å². The summed E-state index contributed by atoms with van der Waals surface area (Å²) in [5, 5.41) is 0. The summed E-state index contributed by atoms with van der Waals surface area (Å²) >= 11 is 3.35. The Morgan fingerprint density at radius 2 is 1.81 bits per heavy atom. The average molecular weight is 421 g/mol. The van der Waals surface area contributed by atoms with Crippen molar-refractivity contribution in [1.29, 1.82) is 0 Å². The van der Waals surface area contributed by atoms with E-state index < -0.39 is 17.8 Å². The van der Waals surface area contributed by atoms with Gasteiger partial charge in [0.05, 0.1) is 6.54 Å². The summed E-state index contributed by atoms with van der Waals surface area (Å²) < 4.78 is 6.43. The summed E-state index contributed by atoms with van der Waals surface area (Å²) in [7, 11) is 0. The van der Waals surface area contributed by atoms with Crippen molar-refractivity contribution in [2.45, 2.75) is 32.1 Å². The Kier molecular flexibility index (Phi) is 6.08. The third kappa shape index (κ3) is 4.33. The number of rotatable bonds is 7. The lowest BCUT2D eigenvalue weighted by atomic mass is 9.97. The molecule has 0 aromatic heterocycles. The van der Waals surface area contributed by atoms with Crippen molar-refractivity contribution in [3.8, 4) is 5.75 Å². The van der Waals surface area contributed by atoms with Crippen molar-refractivity contribution < 1.29 is 19.1 Å². The molecule has 1 aliphatic heterocycles. The highest BCUT2D eigenvalue weighted by Crippen LogP contribution is 2.22. The second kappa shape index (κ2) is 8.49. The number of carbonyl (C=O) groups excluding carboxylic acids is 3. The topological polar surface area (TPSA) is 66.9 Å². The Bertz CT molecular complexity index is 747. The first-order valence-electron chi connectivity index (χ1n) is 8.80. The van der Waals surface area contributed by atoms with Gasteiger partial charge in [0.15, 0.2) is 0 Å². The van der Waals surface area contributed by atoms with E-state index >= 15 is 0 Å². The van der Waals surface area contributed by atoms with E-state index in [1.165, 1.54) is 12.0 Å². The molecule has 0 unspecified atom stereocenters. The van der Waals surface area contributed by atoms with E-state index in [9.17, 15) is 14.4 Å². The third-order valence-electron chi connectivity index (χ3n) is 4.56. The number of urea groups is 1. The number of nitrogens with zero attached hydrogens (tertiary/aromatic N) is 2. The maximum absolute atomic E-state index is 12.4. The van der Waals surface area contributed by atoms with Crippen LogP contribution in [-0.2, 0) is 9.59 Å². The minimum absolute atomic E-state index is 0.0507. The standard InChI is InChI=1S/C19H21BrN2O4/c20-15-7-4-8-16(13-15)26-12-11-22-18(24)17(23)21(19(22)25)10-9-14-5-2-1-3-6-14/h4-5,7-8,13H,1-3,6,9-12H2. The molecule has 0 spiro atoms. The molecule has 1 saturated heterocycles. The molecule has 1 fully saturated rings. The molecule has 7 heteroatoms. The zero-order valence-electron chi connectivity index (χ0n) is 14.4. The molecule has 6 nitrogen and oxygen atoms in total. The zero-order valence-corrected chi connectivity index (χ0v) is 16.0. The number of allylic oxidation sites excluding steroid dienone is 1. The van der Waals surface area contributed by atoms with Gasteiger partial charge in [-0.15, -0.1) is 0 Å². The maximum Gasteiger partial charge on any atom is 0.334 e. The van der Waals surface area contributed by atoms with Crippen molar-refractivity contribution in [3.05, 3.63) is 40.4 Å². The molecule has 0 saturated carbocycles. The van der Waals surface area contributed by atoms with Gasteiger partial charge in [0.25, 0.3) is 0 Å². The normalized spacial score (nSPS) is 17.7. The van der Waals surface area contributed by atoms with Gasteiger partial charge in [-0.3, -0.25) is 19.4 Å². The van der Waals surface area contributed by atoms with Crippen LogP contribution in [0.5, 0.6) is 5.75 Å². The molecule has 0 N–H and O–H groups in total. The molecule has 1 aliphatic carbocycles. The number of benzene rings is 1. The van der Waals surface area contributed by atoms with Crippen molar-refractivity contribution >= 4 is 33.8 Å². The van der Waals surface area contributed by atoms with Gasteiger partial charge in [0.1, 0.15) is 12.4 Å². The number of ether oxygens (including phenoxy) is 1. The van der Waals surface area contributed by atoms with Crippen LogP contribution in [0.15, 0.2) is 40.4 Å². The molecule has 4 amide bonds. The van der Waals surface area contributed by atoms with E-state index in [0.29, 0.717) is 12.2 Å². The van der Waals surface area contributed by atoms with Crippen molar-refractivity contribution in [1.82, 2.24) is 9.80 Å². The molecule has 0 atom stereocenters. The van der Waals surface area contributed by atoms with E-state index in [4.69, 9.17) is 4.74 Å². The lowest BCUT2D eigenvalue weighted by Crippen LogP contribution is -2.36. The van der Waals surface area contributed by atoms with Crippen LogP contribution in [0, 0.1) is 0 Å². The Labute approximate surface area is 160 Å². The highest BCUT2D eigenvalue weighted by atomic mass is 79.9. The van der Waals surface area contributed by atoms with E-state index in [0.717, 1.165) is 33.5 Å². The summed E-state index contributed by atoms with van der Waals surface area (Å²) in [4.78, 5) is 38.7. The molecule has 1 heterocycles. The van der Waals surface area contributed by atoms with Crippen LogP contribution >= 0.6 is 15.9 Å². The summed E-state index contributed by atoms with van der Waals surface area (Å²) in [5.41, 5.74) is 1.26. The predicted molar refractivity (Wildman–Crippen MR) is 99.6 cm³/mol. The van der Waals surface area contributed by atoms with Crippen molar-refractivity contribution in [2.24, 2.45) is 0 Å². The van der Waals surface area contributed by atoms with Crippen LogP contribution < -0.4 is 4.74 Å². The van der Waals surface area contributed by atoms with Crippen LogP contribution in [0.1, 0.15) is 32.1 Å². The van der Waals surface area contributed by atoms with Gasteiger partial charge in [-0.2, -0.15) is 0 Å². The highest BCUT2D eigenvalue weighted by Gasteiger charge is 2.43. The van der Waals surface area contributed by atoms with E-state index in [1.54, 1.807) is 12.1 Å². The summed E-state index contributed by atoms with van der Waals surface area (Å²) in [6, 6.07) is 6.74. The van der Waals surface area contributed by atoms with E-state index in [2.05, 4.69) is 22.0 Å². The fraction of sp³-hybridized carbons (Fsp3) is 0.421. The van der Waals surface area contributed by atoms with E-state index in [-0.39, 0.29) is 19.7 Å². The molecule has 3 rings (SSSR count). The molecular formula is C19H21BrN2O4. The quantitative estimate of drug-likeness (QED) is 0.384. The molecule has 138 valence electrons. The van der Waals surface area contributed by atoms with Gasteiger partial charge in [-0.05, 0) is 50.3 Å². The Morgan fingerprint density at radius 1 is 1.04 bits per heavy atom. The Morgan fingerprint density at radius 3 is 2.50 bits per heavy atom. The summed E-state index contributed by atoms with van der Waals surface area (Å²) in [5.74, 6) is -0.884. The predicted octanol–water partition coefficient (Wildman–Crippen LogP) is 3.51. The number of halogens is 1. The SMILES string of the molecule is O=C1C(=O)N(CCC2=CCCCC2)C(=O)N1CCOc1cccc(Br)c1. The molecule has 0 bridgehead atoms. The maximum atomic E-state index is 12.4. The first-order chi connectivity index (χ1) is 12.6. The number of imide groups is 2. The minimum atomic E-state index is -0.773. The number of hydrogen-bond acceptors (Lipinski definition) is 4. The Hall–Kier alpha value is -2.15. The van der Waals surface area contributed by atoms with Crippen molar-refractivity contribution in [2.75, 3.05) is 19.7 Å². The first kappa shape index (κ1) is 18.6. The second-order valence-corrected chi connectivity index (χ2v) is 7.28. The van der Waals surface area contributed by atoms with E-state index in [1.807, 2.05) is 12.1 Å². The van der Waals surface area contributed by atoms with Crippen molar-refractivity contribution in [3.63, 3.8) is 0 Å². The third-order valence-corrected chi connectivity index (χ3v) is 5.05. The van der Waals surface area contributed by atoms with Gasteiger partial charge >= 0.3 is 17.8 Å². The van der Waals surface area contributed by atoms with Gasteiger partial charge in [-0.25, -0.2) is 4.79 Å². The van der Waals surface area contributed by atoms with Gasteiger partial charge in [0.2, 0.25) is 0 Å².